The van der Waals surface area contributed by atoms with E-state index in [2.05, 4.69) is 25.2 Å². The van der Waals surface area contributed by atoms with Crippen LogP contribution in [0.15, 0.2) is 23.8 Å². The average Bonchev–Trinajstić information content (AvgIpc) is 2.71. The van der Waals surface area contributed by atoms with Crippen molar-refractivity contribution in [3.05, 3.63) is 23.8 Å². The van der Waals surface area contributed by atoms with Crippen molar-refractivity contribution in [1.29, 1.82) is 0 Å². The zero-order chi connectivity index (χ0) is 11.0. The summed E-state index contributed by atoms with van der Waals surface area (Å²) < 4.78 is 0. The fraction of sp³-hybridized carbons (Fsp3) is 0.750. The molecule has 0 nitrogen and oxygen atoms in total. The second-order valence-corrected chi connectivity index (χ2v) is 6.27. The molecule has 0 aromatic heterocycles. The molecular weight excluding hydrogens is 192 g/mol. The van der Waals surface area contributed by atoms with Crippen LogP contribution in [0.5, 0.6) is 0 Å². The Morgan fingerprint density at radius 3 is 2.75 bits per heavy atom. The summed E-state index contributed by atoms with van der Waals surface area (Å²) in [5.74, 6) is 1.89. The van der Waals surface area contributed by atoms with E-state index >= 15 is 0 Å². The van der Waals surface area contributed by atoms with Gasteiger partial charge < -0.3 is 0 Å². The van der Waals surface area contributed by atoms with Crippen molar-refractivity contribution in [3.63, 3.8) is 0 Å². The Morgan fingerprint density at radius 2 is 1.94 bits per heavy atom. The third-order valence-corrected chi connectivity index (χ3v) is 5.45. The number of hydrogen-bond donors (Lipinski definition) is 0. The molecule has 2 unspecified atom stereocenters. The predicted molar refractivity (Wildman–Crippen MR) is 69.2 cm³/mol. The molecule has 16 heavy (non-hydrogen) atoms. The zero-order valence-corrected chi connectivity index (χ0v) is 10.5. The van der Waals surface area contributed by atoms with Crippen LogP contribution in [0.4, 0.5) is 0 Å². The van der Waals surface area contributed by atoms with E-state index in [4.69, 9.17) is 0 Å². The fourth-order valence-corrected chi connectivity index (χ4v) is 4.41. The van der Waals surface area contributed by atoms with Crippen molar-refractivity contribution in [3.8, 4) is 0 Å². The fourth-order valence-electron chi connectivity index (χ4n) is 4.41. The van der Waals surface area contributed by atoms with Crippen molar-refractivity contribution in [1.82, 2.24) is 0 Å². The van der Waals surface area contributed by atoms with Crippen LogP contribution in [0.25, 0.3) is 0 Å². The van der Waals surface area contributed by atoms with E-state index in [0.717, 1.165) is 11.8 Å². The second kappa shape index (κ2) is 4.05. The summed E-state index contributed by atoms with van der Waals surface area (Å²) in [6, 6.07) is 0. The first-order valence-corrected chi connectivity index (χ1v) is 7.18. The normalized spacial score (nSPS) is 39.6. The van der Waals surface area contributed by atoms with Crippen molar-refractivity contribution in [2.45, 2.75) is 58.3 Å². The first-order chi connectivity index (χ1) is 7.81. The van der Waals surface area contributed by atoms with Gasteiger partial charge in [-0.05, 0) is 49.4 Å². The van der Waals surface area contributed by atoms with Crippen LogP contribution in [0, 0.1) is 17.3 Å². The van der Waals surface area contributed by atoms with Crippen LogP contribution in [0.3, 0.4) is 0 Å². The molecule has 0 aromatic rings. The lowest BCUT2D eigenvalue weighted by molar-refractivity contribution is 0.182. The first kappa shape index (κ1) is 10.6. The van der Waals surface area contributed by atoms with Gasteiger partial charge in [-0.25, -0.2) is 0 Å². The summed E-state index contributed by atoms with van der Waals surface area (Å²) in [4.78, 5) is 0. The molecule has 0 amide bonds. The summed E-state index contributed by atoms with van der Waals surface area (Å²) in [7, 11) is 0. The summed E-state index contributed by atoms with van der Waals surface area (Å²) in [5.41, 5.74) is 2.37. The summed E-state index contributed by atoms with van der Waals surface area (Å²) in [6.07, 6.45) is 18.8. The van der Waals surface area contributed by atoms with Gasteiger partial charge in [0.25, 0.3) is 0 Å². The summed E-state index contributed by atoms with van der Waals surface area (Å²) >= 11 is 0. The number of rotatable bonds is 1. The molecule has 2 fully saturated rings. The molecule has 0 bridgehead atoms. The Balaban J connectivity index is 1.86. The van der Waals surface area contributed by atoms with E-state index in [-0.39, 0.29) is 0 Å². The van der Waals surface area contributed by atoms with E-state index in [1.54, 1.807) is 0 Å². The third kappa shape index (κ3) is 1.58. The lowest BCUT2D eigenvalue weighted by atomic mass is 9.65. The van der Waals surface area contributed by atoms with Gasteiger partial charge in [0.15, 0.2) is 0 Å². The van der Waals surface area contributed by atoms with Crippen molar-refractivity contribution in [2.24, 2.45) is 17.3 Å². The van der Waals surface area contributed by atoms with E-state index < -0.39 is 0 Å². The molecule has 0 heteroatoms. The zero-order valence-electron chi connectivity index (χ0n) is 10.5. The van der Waals surface area contributed by atoms with E-state index in [1.807, 2.05) is 5.57 Å². The molecule has 0 radical (unpaired) electrons. The van der Waals surface area contributed by atoms with Crippen LogP contribution >= 0.6 is 0 Å². The van der Waals surface area contributed by atoms with Gasteiger partial charge >= 0.3 is 0 Å². The molecule has 3 aliphatic rings. The maximum absolute atomic E-state index is 2.56. The lowest BCUT2D eigenvalue weighted by Crippen LogP contribution is -2.29. The largest absolute Gasteiger partial charge is 0.0839 e. The van der Waals surface area contributed by atoms with Gasteiger partial charge in [-0.1, -0.05) is 50.0 Å². The minimum atomic E-state index is 0.565. The van der Waals surface area contributed by atoms with Crippen LogP contribution < -0.4 is 0 Å². The SMILES string of the molecule is CC1(C2CCCCC2)CCC2CC=CC=C21. The molecule has 0 saturated heterocycles. The van der Waals surface area contributed by atoms with Gasteiger partial charge in [0, 0.05) is 0 Å². The van der Waals surface area contributed by atoms with Gasteiger partial charge in [0.2, 0.25) is 0 Å². The highest BCUT2D eigenvalue weighted by molar-refractivity contribution is 5.31. The molecule has 2 saturated carbocycles. The minimum absolute atomic E-state index is 0.565. The van der Waals surface area contributed by atoms with Crippen LogP contribution in [-0.4, -0.2) is 0 Å². The average molecular weight is 216 g/mol. The summed E-state index contributed by atoms with van der Waals surface area (Å²) in [5, 5.41) is 0. The highest BCUT2D eigenvalue weighted by atomic mass is 14.5. The molecule has 0 aromatic carbocycles. The maximum atomic E-state index is 2.56. The Hall–Kier alpha value is -0.520. The van der Waals surface area contributed by atoms with Crippen molar-refractivity contribution >= 4 is 0 Å². The second-order valence-electron chi connectivity index (χ2n) is 6.27. The van der Waals surface area contributed by atoms with E-state index in [0.29, 0.717) is 5.41 Å². The Labute approximate surface area is 99.8 Å². The van der Waals surface area contributed by atoms with Crippen LogP contribution in [0.1, 0.15) is 58.3 Å². The molecule has 3 rings (SSSR count). The number of allylic oxidation sites excluding steroid dienone is 4. The van der Waals surface area contributed by atoms with E-state index in [1.165, 1.54) is 51.4 Å². The smallest absolute Gasteiger partial charge is 0.00819 e. The molecule has 0 spiro atoms. The molecule has 88 valence electrons. The Morgan fingerprint density at radius 1 is 1.12 bits per heavy atom. The predicted octanol–water partition coefficient (Wildman–Crippen LogP) is 4.87. The lowest BCUT2D eigenvalue weighted by Gasteiger charge is -2.39. The summed E-state index contributed by atoms with van der Waals surface area (Å²) in [6.45, 7) is 2.56. The molecule has 3 aliphatic carbocycles. The van der Waals surface area contributed by atoms with Gasteiger partial charge in [0.05, 0.1) is 0 Å². The van der Waals surface area contributed by atoms with Crippen LogP contribution in [0.2, 0.25) is 0 Å². The monoisotopic (exact) mass is 216 g/mol. The van der Waals surface area contributed by atoms with E-state index in [9.17, 15) is 0 Å². The molecule has 2 atom stereocenters. The molecular formula is C16H24. The first-order valence-electron chi connectivity index (χ1n) is 7.18. The van der Waals surface area contributed by atoms with Crippen molar-refractivity contribution < 1.29 is 0 Å². The molecule has 0 N–H and O–H groups in total. The topological polar surface area (TPSA) is 0 Å². The highest BCUT2D eigenvalue weighted by Crippen LogP contribution is 2.56. The quantitative estimate of drug-likeness (QED) is 0.586. The Kier molecular flexibility index (Phi) is 2.69. The number of hydrogen-bond acceptors (Lipinski definition) is 0. The third-order valence-electron chi connectivity index (χ3n) is 5.45. The molecule has 0 aliphatic heterocycles. The van der Waals surface area contributed by atoms with Gasteiger partial charge in [-0.2, -0.15) is 0 Å². The van der Waals surface area contributed by atoms with Crippen molar-refractivity contribution in [2.75, 3.05) is 0 Å². The van der Waals surface area contributed by atoms with Gasteiger partial charge in [0.1, 0.15) is 0 Å². The van der Waals surface area contributed by atoms with Gasteiger partial charge in [-0.15, -0.1) is 0 Å². The number of fused-ring (bicyclic) bond motifs is 1. The minimum Gasteiger partial charge on any atom is -0.0839 e. The van der Waals surface area contributed by atoms with Crippen LogP contribution in [-0.2, 0) is 0 Å². The highest BCUT2D eigenvalue weighted by Gasteiger charge is 2.45. The Bertz CT molecular complexity index is 317. The standard InChI is InChI=1S/C16H24/c1-16(14-8-3-2-4-9-14)12-11-13-7-5-6-10-15(13)16/h5-6,10,13-14H,2-4,7-9,11-12H2,1H3. The molecule has 0 heterocycles. The maximum Gasteiger partial charge on any atom is -0.00819 e. The van der Waals surface area contributed by atoms with Gasteiger partial charge in [-0.3, -0.25) is 0 Å².